The van der Waals surface area contributed by atoms with Crippen LogP contribution in [0.25, 0.3) is 11.1 Å². The largest absolute Gasteiger partial charge is 0.451 e. The number of thiophene rings is 1. The molecule has 0 fully saturated rings. The monoisotopic (exact) mass is 465 g/mol. The zero-order valence-electron chi connectivity index (χ0n) is 14.6. The summed E-state index contributed by atoms with van der Waals surface area (Å²) in [4.78, 5) is 24.7. The Bertz CT molecular complexity index is 1010. The highest BCUT2D eigenvalue weighted by Crippen LogP contribution is 2.29. The first-order valence-electron chi connectivity index (χ1n) is 8.11. The van der Waals surface area contributed by atoms with Crippen LogP contribution in [0, 0.1) is 18.6 Å². The topological polar surface area (TPSA) is 55.4 Å². The molecule has 0 radical (unpaired) electrons. The summed E-state index contributed by atoms with van der Waals surface area (Å²) in [6.45, 7) is 1.36. The zero-order chi connectivity index (χ0) is 20.3. The molecule has 4 nitrogen and oxygen atoms in total. The molecule has 0 aliphatic carbocycles. The highest BCUT2D eigenvalue weighted by atomic mass is 79.9. The van der Waals surface area contributed by atoms with E-state index in [0.29, 0.717) is 16.5 Å². The van der Waals surface area contributed by atoms with Crippen molar-refractivity contribution in [1.29, 1.82) is 0 Å². The number of aryl methyl sites for hydroxylation is 1. The van der Waals surface area contributed by atoms with Crippen LogP contribution in [0.4, 0.5) is 14.5 Å². The van der Waals surface area contributed by atoms with E-state index in [9.17, 15) is 18.4 Å². The van der Waals surface area contributed by atoms with Crippen molar-refractivity contribution in [3.8, 4) is 11.1 Å². The maximum Gasteiger partial charge on any atom is 0.349 e. The predicted octanol–water partition coefficient (Wildman–Crippen LogP) is 5.56. The van der Waals surface area contributed by atoms with Crippen LogP contribution in [0.15, 0.2) is 52.3 Å². The first kappa shape index (κ1) is 20.2. The third-order valence-corrected chi connectivity index (χ3v) is 5.34. The van der Waals surface area contributed by atoms with E-state index >= 15 is 0 Å². The van der Waals surface area contributed by atoms with Crippen molar-refractivity contribution in [3.05, 3.63) is 74.4 Å². The SMILES string of the molecule is Cc1ccc(-c2ccsc2C(=O)OCC(=O)Nc2c(F)cc(F)cc2Br)cc1. The molecule has 3 aromatic rings. The van der Waals surface area contributed by atoms with Gasteiger partial charge in [0.05, 0.1) is 5.69 Å². The number of anilines is 1. The van der Waals surface area contributed by atoms with E-state index in [1.54, 1.807) is 11.4 Å². The number of hydrogen-bond donors (Lipinski definition) is 1. The van der Waals surface area contributed by atoms with E-state index in [-0.39, 0.29) is 10.2 Å². The third-order valence-electron chi connectivity index (χ3n) is 3.82. The van der Waals surface area contributed by atoms with Crippen molar-refractivity contribution in [2.24, 2.45) is 0 Å². The normalized spacial score (nSPS) is 10.6. The lowest BCUT2D eigenvalue weighted by Crippen LogP contribution is -2.21. The quantitative estimate of drug-likeness (QED) is 0.501. The van der Waals surface area contributed by atoms with E-state index in [2.05, 4.69) is 21.2 Å². The fourth-order valence-corrected chi connectivity index (χ4v) is 3.78. The van der Waals surface area contributed by atoms with Gasteiger partial charge in [0.2, 0.25) is 0 Å². The average Bonchev–Trinajstić information content (AvgIpc) is 3.13. The van der Waals surface area contributed by atoms with Crippen molar-refractivity contribution >= 4 is 44.8 Å². The van der Waals surface area contributed by atoms with E-state index in [0.717, 1.165) is 17.2 Å². The number of nitrogens with one attached hydrogen (secondary N) is 1. The minimum absolute atomic E-state index is 0.0459. The predicted molar refractivity (Wildman–Crippen MR) is 107 cm³/mol. The lowest BCUT2D eigenvalue weighted by atomic mass is 10.1. The summed E-state index contributed by atoms with van der Waals surface area (Å²) in [5.41, 5.74) is 2.45. The van der Waals surface area contributed by atoms with Crippen molar-refractivity contribution in [3.63, 3.8) is 0 Å². The van der Waals surface area contributed by atoms with Crippen molar-refractivity contribution < 1.29 is 23.1 Å². The highest BCUT2D eigenvalue weighted by Gasteiger charge is 2.18. The maximum absolute atomic E-state index is 13.8. The van der Waals surface area contributed by atoms with Gasteiger partial charge in [-0.3, -0.25) is 4.79 Å². The third kappa shape index (κ3) is 4.63. The summed E-state index contributed by atoms with van der Waals surface area (Å²) in [5, 5.41) is 4.02. The van der Waals surface area contributed by atoms with Gasteiger partial charge in [-0.2, -0.15) is 0 Å². The minimum atomic E-state index is -0.938. The molecule has 0 spiro atoms. The molecular weight excluding hydrogens is 452 g/mol. The molecule has 0 bridgehead atoms. The Balaban J connectivity index is 1.66. The Hall–Kier alpha value is -2.58. The number of hydrogen-bond acceptors (Lipinski definition) is 4. The maximum atomic E-state index is 13.8. The molecule has 0 aliphatic rings. The molecule has 144 valence electrons. The van der Waals surface area contributed by atoms with E-state index in [1.807, 2.05) is 31.2 Å². The molecular formula is C20H14BrF2NO3S. The van der Waals surface area contributed by atoms with Gasteiger partial charge in [-0.25, -0.2) is 13.6 Å². The van der Waals surface area contributed by atoms with Crippen LogP contribution in [0.1, 0.15) is 15.2 Å². The number of esters is 1. The standard InChI is InChI=1S/C20H14BrF2NO3S/c1-11-2-4-12(5-3-11)14-6-7-28-19(14)20(26)27-10-17(25)24-18-15(21)8-13(22)9-16(18)23/h2-9H,10H2,1H3,(H,24,25). The molecule has 28 heavy (non-hydrogen) atoms. The second kappa shape index (κ2) is 8.62. The van der Waals surface area contributed by atoms with Gasteiger partial charge >= 0.3 is 5.97 Å². The van der Waals surface area contributed by atoms with E-state index in [4.69, 9.17) is 4.74 Å². The smallest absolute Gasteiger partial charge is 0.349 e. The summed E-state index contributed by atoms with van der Waals surface area (Å²) in [5.74, 6) is -3.12. The van der Waals surface area contributed by atoms with E-state index in [1.165, 1.54) is 11.3 Å². The van der Waals surface area contributed by atoms with Gasteiger partial charge in [-0.15, -0.1) is 11.3 Å². The molecule has 0 aliphatic heterocycles. The Morgan fingerprint density at radius 3 is 2.54 bits per heavy atom. The fourth-order valence-electron chi connectivity index (χ4n) is 2.46. The van der Waals surface area contributed by atoms with Crippen LogP contribution in [-0.2, 0) is 9.53 Å². The lowest BCUT2D eigenvalue weighted by Gasteiger charge is -2.10. The summed E-state index contributed by atoms with van der Waals surface area (Å²) >= 11 is 4.18. The van der Waals surface area contributed by atoms with Crippen LogP contribution in [-0.4, -0.2) is 18.5 Å². The number of amides is 1. The molecule has 0 saturated carbocycles. The van der Waals surface area contributed by atoms with Crippen molar-refractivity contribution in [2.75, 3.05) is 11.9 Å². The Kier molecular flexibility index (Phi) is 6.21. The summed E-state index contributed by atoms with van der Waals surface area (Å²) in [6, 6.07) is 11.1. The summed E-state index contributed by atoms with van der Waals surface area (Å²) in [6.07, 6.45) is 0. The van der Waals surface area contributed by atoms with Gasteiger partial charge in [0, 0.05) is 16.1 Å². The van der Waals surface area contributed by atoms with Gasteiger partial charge in [-0.1, -0.05) is 29.8 Å². The van der Waals surface area contributed by atoms with Crippen LogP contribution in [0.2, 0.25) is 0 Å². The molecule has 1 aromatic heterocycles. The summed E-state index contributed by atoms with van der Waals surface area (Å²) < 4.78 is 32.0. The van der Waals surface area contributed by atoms with Gasteiger partial charge in [0.15, 0.2) is 12.4 Å². The van der Waals surface area contributed by atoms with Crippen LogP contribution in [0.3, 0.4) is 0 Å². The number of benzene rings is 2. The molecule has 0 unspecified atom stereocenters. The number of carbonyl (C=O) groups is 2. The van der Waals surface area contributed by atoms with Crippen molar-refractivity contribution in [2.45, 2.75) is 6.92 Å². The van der Waals surface area contributed by atoms with Crippen molar-refractivity contribution in [1.82, 2.24) is 0 Å². The number of ether oxygens (including phenoxy) is 1. The van der Waals surface area contributed by atoms with Gasteiger partial charge < -0.3 is 10.1 Å². The lowest BCUT2D eigenvalue weighted by molar-refractivity contribution is -0.119. The number of rotatable bonds is 5. The summed E-state index contributed by atoms with van der Waals surface area (Å²) in [7, 11) is 0. The number of carbonyl (C=O) groups excluding carboxylic acids is 2. The van der Waals surface area contributed by atoms with Crippen LogP contribution >= 0.6 is 27.3 Å². The molecule has 0 atom stereocenters. The second-order valence-electron chi connectivity index (χ2n) is 5.90. The molecule has 2 aromatic carbocycles. The number of halogens is 3. The molecule has 1 amide bonds. The van der Waals surface area contributed by atoms with Crippen LogP contribution < -0.4 is 5.32 Å². The molecule has 0 saturated heterocycles. The van der Waals surface area contributed by atoms with E-state index < -0.39 is 30.1 Å². The van der Waals surface area contributed by atoms with Gasteiger partial charge in [0.1, 0.15) is 10.7 Å². The Labute approximate surface area is 172 Å². The second-order valence-corrected chi connectivity index (χ2v) is 7.67. The molecule has 1 heterocycles. The van der Waals surface area contributed by atoms with Gasteiger partial charge in [-0.05, 0) is 45.9 Å². The molecule has 3 rings (SSSR count). The molecule has 8 heteroatoms. The Morgan fingerprint density at radius 1 is 1.14 bits per heavy atom. The highest BCUT2D eigenvalue weighted by molar-refractivity contribution is 9.10. The molecule has 1 N–H and O–H groups in total. The first-order valence-corrected chi connectivity index (χ1v) is 9.78. The average molecular weight is 466 g/mol. The van der Waals surface area contributed by atoms with Gasteiger partial charge in [0.25, 0.3) is 5.91 Å². The first-order chi connectivity index (χ1) is 13.3. The fraction of sp³-hybridized carbons (Fsp3) is 0.100. The Morgan fingerprint density at radius 2 is 1.86 bits per heavy atom. The minimum Gasteiger partial charge on any atom is -0.451 e. The zero-order valence-corrected chi connectivity index (χ0v) is 17.0. The van der Waals surface area contributed by atoms with Crippen LogP contribution in [0.5, 0.6) is 0 Å².